The highest BCUT2D eigenvalue weighted by molar-refractivity contribution is 7.71. The average Bonchev–Trinajstić information content (AvgIpc) is 2.03. The fraction of sp³-hybridized carbons (Fsp3) is 0.714. The summed E-state index contributed by atoms with van der Waals surface area (Å²) in [5.74, 6) is 0.0228. The summed E-state index contributed by atoms with van der Waals surface area (Å²) in [6.45, 7) is 4.86. The lowest BCUT2D eigenvalue weighted by Crippen LogP contribution is -2.11. The number of carbonyl (C=O) groups excluding carboxylic acids is 1. The first-order valence-corrected chi connectivity index (χ1v) is 5.75. The normalized spacial score (nSPS) is 12.9. The molecule has 0 radical (unpaired) electrons. The lowest BCUT2D eigenvalue weighted by atomic mass is 10.7. The maximum Gasteiger partial charge on any atom is 0.420 e. The molecule has 82 valence electrons. The van der Waals surface area contributed by atoms with E-state index in [2.05, 4.69) is 4.99 Å². The Kier molecular flexibility index (Phi) is 5.60. The molecule has 0 saturated carbocycles. The average molecular weight is 222 g/mol. The van der Waals surface area contributed by atoms with Crippen LogP contribution in [0.4, 0.5) is 4.79 Å². The summed E-state index contributed by atoms with van der Waals surface area (Å²) < 4.78 is 21.2. The predicted octanol–water partition coefficient (Wildman–Crippen LogP) is 1.75. The van der Waals surface area contributed by atoms with Gasteiger partial charge in [0.05, 0.1) is 13.2 Å². The van der Waals surface area contributed by atoms with Crippen LogP contribution in [0.3, 0.4) is 0 Å². The number of rotatable bonds is 5. The van der Waals surface area contributed by atoms with Crippen molar-refractivity contribution in [3.05, 3.63) is 0 Å². The Morgan fingerprint density at radius 1 is 1.36 bits per heavy atom. The zero-order valence-corrected chi connectivity index (χ0v) is 9.41. The van der Waals surface area contributed by atoms with Crippen molar-refractivity contribution in [2.24, 2.45) is 10.7 Å². The van der Waals surface area contributed by atoms with E-state index in [0.29, 0.717) is 0 Å². The second kappa shape index (κ2) is 5.90. The van der Waals surface area contributed by atoms with Gasteiger partial charge in [0.15, 0.2) is 0 Å². The molecule has 2 N–H and O–H groups in total. The highest BCUT2D eigenvalue weighted by atomic mass is 31.2. The first-order chi connectivity index (χ1) is 6.46. The number of amidine groups is 1. The lowest BCUT2D eigenvalue weighted by Gasteiger charge is -2.12. The number of nitrogens with two attached hydrogens (primary N) is 1. The molecular weight excluding hydrogens is 207 g/mol. The van der Waals surface area contributed by atoms with Crippen molar-refractivity contribution in [2.45, 2.75) is 20.8 Å². The number of hydrogen-bond donors (Lipinski definition) is 1. The minimum absolute atomic E-state index is 0.0228. The van der Waals surface area contributed by atoms with E-state index in [1.807, 2.05) is 0 Å². The molecule has 0 heterocycles. The molecule has 6 nitrogen and oxygen atoms in total. The van der Waals surface area contributed by atoms with Crippen molar-refractivity contribution in [1.29, 1.82) is 0 Å². The standard InChI is InChI=1S/C7H15N2O4P/c1-4-12-14(11,13-5-2)7(10)9-6(3)8/h4-5H2,1-3H3,(H2,8,9,10). The molecule has 0 aromatic rings. The van der Waals surface area contributed by atoms with E-state index in [1.165, 1.54) is 6.92 Å². The van der Waals surface area contributed by atoms with Crippen LogP contribution in [0.1, 0.15) is 20.8 Å². The second-order valence-corrected chi connectivity index (χ2v) is 4.26. The van der Waals surface area contributed by atoms with Crippen LogP contribution in [-0.4, -0.2) is 24.7 Å². The summed E-state index contributed by atoms with van der Waals surface area (Å²) in [6, 6.07) is 0. The number of amides is 1. The van der Waals surface area contributed by atoms with Gasteiger partial charge in [-0.05, 0) is 20.8 Å². The Hall–Kier alpha value is -0.710. The van der Waals surface area contributed by atoms with Gasteiger partial charge in [0.25, 0.3) is 0 Å². The quantitative estimate of drug-likeness (QED) is 0.434. The molecule has 0 spiro atoms. The topological polar surface area (TPSA) is 91.0 Å². The monoisotopic (exact) mass is 222 g/mol. The van der Waals surface area contributed by atoms with Gasteiger partial charge in [-0.1, -0.05) is 0 Å². The fourth-order valence-electron chi connectivity index (χ4n) is 0.700. The number of carbonyl (C=O) groups is 1. The van der Waals surface area contributed by atoms with Gasteiger partial charge < -0.3 is 14.8 Å². The summed E-state index contributed by atoms with van der Waals surface area (Å²) in [7, 11) is -3.77. The van der Waals surface area contributed by atoms with Gasteiger partial charge >= 0.3 is 13.2 Å². The van der Waals surface area contributed by atoms with Crippen molar-refractivity contribution >= 4 is 19.1 Å². The minimum atomic E-state index is -3.77. The van der Waals surface area contributed by atoms with Gasteiger partial charge in [-0.15, -0.1) is 0 Å². The van der Waals surface area contributed by atoms with Crippen LogP contribution < -0.4 is 5.73 Å². The smallest absolute Gasteiger partial charge is 0.387 e. The van der Waals surface area contributed by atoms with Crippen LogP contribution in [0.2, 0.25) is 0 Å². The molecule has 7 heteroatoms. The maximum absolute atomic E-state index is 11.7. The maximum atomic E-state index is 11.7. The molecule has 0 aromatic heterocycles. The van der Waals surface area contributed by atoms with E-state index in [0.717, 1.165) is 0 Å². The Labute approximate surface area is 83.0 Å². The molecule has 1 amide bonds. The zero-order chi connectivity index (χ0) is 11.2. The first-order valence-electron chi connectivity index (χ1n) is 4.20. The van der Waals surface area contributed by atoms with Crippen LogP contribution in [0.15, 0.2) is 4.99 Å². The molecular formula is C7H15N2O4P. The van der Waals surface area contributed by atoms with Crippen molar-refractivity contribution in [1.82, 2.24) is 0 Å². The van der Waals surface area contributed by atoms with Gasteiger partial charge in [0, 0.05) is 0 Å². The molecule has 0 unspecified atom stereocenters. The third kappa shape index (κ3) is 4.00. The van der Waals surface area contributed by atoms with Crippen LogP contribution in [0.25, 0.3) is 0 Å². The molecule has 0 saturated heterocycles. The molecule has 0 bridgehead atoms. The summed E-state index contributed by atoms with van der Waals surface area (Å²) in [5, 5.41) is 0. The molecule has 14 heavy (non-hydrogen) atoms. The fourth-order valence-corrected chi connectivity index (χ4v) is 1.96. The largest absolute Gasteiger partial charge is 0.420 e. The van der Waals surface area contributed by atoms with E-state index in [1.54, 1.807) is 13.8 Å². The third-order valence-corrected chi connectivity index (χ3v) is 2.87. The van der Waals surface area contributed by atoms with E-state index < -0.39 is 13.2 Å². The first kappa shape index (κ1) is 13.3. The molecule has 0 fully saturated rings. The summed E-state index contributed by atoms with van der Waals surface area (Å²) in [5.41, 5.74) is 4.22. The van der Waals surface area contributed by atoms with Gasteiger partial charge in [0.1, 0.15) is 5.84 Å². The SMILES string of the molecule is CCOP(=O)(OCC)C(=O)N=C(C)N. The second-order valence-electron chi connectivity index (χ2n) is 2.37. The summed E-state index contributed by atoms with van der Waals surface area (Å²) >= 11 is 0. The van der Waals surface area contributed by atoms with E-state index in [9.17, 15) is 9.36 Å². The van der Waals surface area contributed by atoms with Crippen LogP contribution in [-0.2, 0) is 13.6 Å². The van der Waals surface area contributed by atoms with Crippen molar-refractivity contribution in [3.63, 3.8) is 0 Å². The number of aliphatic imine (C=N–C) groups is 1. The number of nitrogens with zero attached hydrogens (tertiary/aromatic N) is 1. The number of hydrogen-bond acceptors (Lipinski definition) is 4. The Morgan fingerprint density at radius 2 is 1.79 bits per heavy atom. The van der Waals surface area contributed by atoms with Crippen LogP contribution in [0.5, 0.6) is 0 Å². The Balaban J connectivity index is 4.73. The van der Waals surface area contributed by atoms with Gasteiger partial charge in [-0.3, -0.25) is 4.79 Å². The van der Waals surface area contributed by atoms with Gasteiger partial charge in [0.2, 0.25) is 0 Å². The highest BCUT2D eigenvalue weighted by Gasteiger charge is 2.34. The van der Waals surface area contributed by atoms with Crippen LogP contribution >= 0.6 is 7.60 Å². The molecule has 0 atom stereocenters. The molecule has 0 aliphatic carbocycles. The van der Waals surface area contributed by atoms with Crippen LogP contribution in [0, 0.1) is 0 Å². The third-order valence-electron chi connectivity index (χ3n) is 1.10. The summed E-state index contributed by atoms with van der Waals surface area (Å²) in [4.78, 5) is 14.6. The molecule has 0 aliphatic rings. The lowest BCUT2D eigenvalue weighted by molar-refractivity contribution is 0.211. The van der Waals surface area contributed by atoms with Crippen molar-refractivity contribution in [2.75, 3.05) is 13.2 Å². The predicted molar refractivity (Wildman–Crippen MR) is 53.6 cm³/mol. The zero-order valence-electron chi connectivity index (χ0n) is 8.52. The van der Waals surface area contributed by atoms with Crippen molar-refractivity contribution in [3.8, 4) is 0 Å². The molecule has 0 aromatic carbocycles. The van der Waals surface area contributed by atoms with E-state index in [-0.39, 0.29) is 19.0 Å². The van der Waals surface area contributed by atoms with Crippen molar-refractivity contribution < 1.29 is 18.4 Å². The minimum Gasteiger partial charge on any atom is -0.387 e. The van der Waals surface area contributed by atoms with Gasteiger partial charge in [-0.2, -0.15) is 4.99 Å². The Morgan fingerprint density at radius 3 is 2.07 bits per heavy atom. The Bertz CT molecular complexity index is 263. The highest BCUT2D eigenvalue weighted by Crippen LogP contribution is 2.49. The summed E-state index contributed by atoms with van der Waals surface area (Å²) in [6.07, 6.45) is 0. The molecule has 0 aliphatic heterocycles. The van der Waals surface area contributed by atoms with E-state index >= 15 is 0 Å². The van der Waals surface area contributed by atoms with Gasteiger partial charge in [-0.25, -0.2) is 4.57 Å². The van der Waals surface area contributed by atoms with E-state index in [4.69, 9.17) is 14.8 Å². The molecule has 0 rings (SSSR count).